The molecule has 0 aliphatic carbocycles. The van der Waals surface area contributed by atoms with Crippen LogP contribution in [-0.2, 0) is 12.0 Å². The van der Waals surface area contributed by atoms with Crippen molar-refractivity contribution in [2.24, 2.45) is 5.73 Å². The first-order valence-corrected chi connectivity index (χ1v) is 10.1. The Hall–Kier alpha value is -3.27. The smallest absolute Gasteiger partial charge is 0.185 e. The third kappa shape index (κ3) is 5.01. The highest BCUT2D eigenvalue weighted by atomic mass is 16.5. The molecule has 0 aliphatic rings. The van der Waals surface area contributed by atoms with Crippen LogP contribution < -0.4 is 15.8 Å². The van der Waals surface area contributed by atoms with E-state index in [1.165, 1.54) is 5.56 Å². The van der Waals surface area contributed by atoms with Crippen LogP contribution in [0.25, 0.3) is 22.3 Å². The van der Waals surface area contributed by atoms with Gasteiger partial charge < -0.3 is 15.8 Å². The van der Waals surface area contributed by atoms with Crippen molar-refractivity contribution in [3.8, 4) is 28.0 Å². The van der Waals surface area contributed by atoms with E-state index >= 15 is 0 Å². The molecular weight excluding hydrogens is 370 g/mol. The number of hydrogen-bond donors (Lipinski definition) is 3. The van der Waals surface area contributed by atoms with Gasteiger partial charge in [-0.3, -0.25) is 5.41 Å². The van der Waals surface area contributed by atoms with E-state index < -0.39 is 0 Å². The standard InChI is InChI=1S/C26H31N3O/c1-17-6-11-23(24(12-17)30-5)21-14-18(16-29-25(27)28)13-20(15-21)19-7-9-22(10-8-19)26(2,3)4/h6-15H,16H2,1-5H3,(H4,27,28,29). The Morgan fingerprint density at radius 2 is 1.60 bits per heavy atom. The second-order valence-electron chi connectivity index (χ2n) is 8.72. The normalized spacial score (nSPS) is 11.2. The summed E-state index contributed by atoms with van der Waals surface area (Å²) in [5.74, 6) is 0.810. The summed E-state index contributed by atoms with van der Waals surface area (Å²) in [7, 11) is 1.70. The van der Waals surface area contributed by atoms with Gasteiger partial charge in [0.2, 0.25) is 0 Å². The number of ether oxygens (including phenoxy) is 1. The van der Waals surface area contributed by atoms with E-state index in [0.29, 0.717) is 6.54 Å². The molecule has 30 heavy (non-hydrogen) atoms. The minimum Gasteiger partial charge on any atom is -0.496 e. The van der Waals surface area contributed by atoms with Gasteiger partial charge in [0.15, 0.2) is 5.96 Å². The van der Waals surface area contributed by atoms with E-state index in [2.05, 4.69) is 87.6 Å². The lowest BCUT2D eigenvalue weighted by Crippen LogP contribution is -2.29. The molecule has 4 heteroatoms. The lowest BCUT2D eigenvalue weighted by Gasteiger charge is -2.19. The summed E-state index contributed by atoms with van der Waals surface area (Å²) in [6, 6.07) is 21.4. The summed E-state index contributed by atoms with van der Waals surface area (Å²) in [6.45, 7) is 9.21. The van der Waals surface area contributed by atoms with Gasteiger partial charge >= 0.3 is 0 Å². The van der Waals surface area contributed by atoms with Crippen LogP contribution in [0.1, 0.15) is 37.5 Å². The number of methoxy groups -OCH3 is 1. The molecule has 0 bridgehead atoms. The van der Waals surface area contributed by atoms with Gasteiger partial charge in [-0.15, -0.1) is 0 Å². The monoisotopic (exact) mass is 401 g/mol. The number of rotatable bonds is 5. The van der Waals surface area contributed by atoms with E-state index in [1.807, 2.05) is 6.07 Å². The molecule has 0 saturated carbocycles. The van der Waals surface area contributed by atoms with Crippen molar-refractivity contribution >= 4 is 5.96 Å². The lowest BCUT2D eigenvalue weighted by atomic mass is 9.86. The molecule has 0 amide bonds. The average Bonchev–Trinajstić information content (AvgIpc) is 2.71. The van der Waals surface area contributed by atoms with Gasteiger partial charge in [-0.25, -0.2) is 0 Å². The molecule has 0 radical (unpaired) electrons. The molecule has 0 heterocycles. The van der Waals surface area contributed by atoms with Crippen LogP contribution in [0.2, 0.25) is 0 Å². The first-order valence-electron chi connectivity index (χ1n) is 10.1. The maximum Gasteiger partial charge on any atom is 0.185 e. The lowest BCUT2D eigenvalue weighted by molar-refractivity contribution is 0.416. The first-order chi connectivity index (χ1) is 14.2. The highest BCUT2D eigenvalue weighted by molar-refractivity contribution is 5.78. The quantitative estimate of drug-likeness (QED) is 0.384. The van der Waals surface area contributed by atoms with Crippen molar-refractivity contribution in [1.82, 2.24) is 5.32 Å². The third-order valence-corrected chi connectivity index (χ3v) is 5.23. The van der Waals surface area contributed by atoms with Crippen LogP contribution in [0.15, 0.2) is 60.7 Å². The van der Waals surface area contributed by atoms with E-state index in [0.717, 1.165) is 39.1 Å². The summed E-state index contributed by atoms with van der Waals surface area (Å²) in [5, 5.41) is 10.4. The minimum atomic E-state index is -0.0376. The summed E-state index contributed by atoms with van der Waals surface area (Å²) in [4.78, 5) is 0. The van der Waals surface area contributed by atoms with Gasteiger partial charge in [-0.05, 0) is 70.0 Å². The van der Waals surface area contributed by atoms with Crippen LogP contribution in [0.5, 0.6) is 5.75 Å². The zero-order valence-corrected chi connectivity index (χ0v) is 18.5. The van der Waals surface area contributed by atoms with Crippen molar-refractivity contribution in [1.29, 1.82) is 5.41 Å². The number of benzene rings is 3. The van der Waals surface area contributed by atoms with Gasteiger partial charge in [-0.2, -0.15) is 0 Å². The molecule has 4 nitrogen and oxygen atoms in total. The van der Waals surface area contributed by atoms with Gasteiger partial charge in [0.25, 0.3) is 0 Å². The highest BCUT2D eigenvalue weighted by Gasteiger charge is 2.14. The molecule has 0 unspecified atom stereocenters. The number of nitrogens with two attached hydrogens (primary N) is 1. The predicted molar refractivity (Wildman–Crippen MR) is 126 cm³/mol. The van der Waals surface area contributed by atoms with Crippen molar-refractivity contribution in [3.63, 3.8) is 0 Å². The zero-order chi connectivity index (χ0) is 21.9. The van der Waals surface area contributed by atoms with E-state index in [1.54, 1.807) is 7.11 Å². The highest BCUT2D eigenvalue weighted by Crippen LogP contribution is 2.35. The topological polar surface area (TPSA) is 71.1 Å². The Labute approximate surface area is 179 Å². The SMILES string of the molecule is COc1cc(C)ccc1-c1cc(CNC(=N)N)cc(-c2ccc(C(C)(C)C)cc2)c1. The van der Waals surface area contributed by atoms with E-state index in [9.17, 15) is 0 Å². The number of aryl methyl sites for hydroxylation is 1. The molecular formula is C26H31N3O. The molecule has 0 aromatic heterocycles. The largest absolute Gasteiger partial charge is 0.496 e. The Bertz CT molecular complexity index is 1050. The second-order valence-corrected chi connectivity index (χ2v) is 8.72. The average molecular weight is 402 g/mol. The molecule has 3 aromatic rings. The first kappa shape index (κ1) is 21.4. The number of guanidine groups is 1. The minimum absolute atomic E-state index is 0.0376. The summed E-state index contributed by atoms with van der Waals surface area (Å²) in [6.07, 6.45) is 0. The fourth-order valence-electron chi connectivity index (χ4n) is 3.51. The van der Waals surface area contributed by atoms with Gasteiger partial charge in [-0.1, -0.05) is 57.2 Å². The Morgan fingerprint density at radius 3 is 2.20 bits per heavy atom. The molecule has 0 aliphatic heterocycles. The summed E-state index contributed by atoms with van der Waals surface area (Å²) in [5.41, 5.74) is 13.5. The molecule has 156 valence electrons. The van der Waals surface area contributed by atoms with Gasteiger partial charge in [0.05, 0.1) is 7.11 Å². The van der Waals surface area contributed by atoms with E-state index in [4.69, 9.17) is 15.9 Å². The molecule has 3 rings (SSSR count). The molecule has 0 spiro atoms. The Morgan fingerprint density at radius 1 is 0.933 bits per heavy atom. The maximum atomic E-state index is 7.50. The van der Waals surface area contributed by atoms with Crippen LogP contribution in [0.4, 0.5) is 0 Å². The maximum absolute atomic E-state index is 7.50. The summed E-state index contributed by atoms with van der Waals surface area (Å²) < 4.78 is 5.65. The Balaban J connectivity index is 2.10. The second kappa shape index (κ2) is 8.62. The zero-order valence-electron chi connectivity index (χ0n) is 18.5. The van der Waals surface area contributed by atoms with Crippen LogP contribution in [0.3, 0.4) is 0 Å². The molecule has 0 atom stereocenters. The van der Waals surface area contributed by atoms with Crippen molar-refractivity contribution in [2.75, 3.05) is 7.11 Å². The third-order valence-electron chi connectivity index (χ3n) is 5.23. The fraction of sp³-hybridized carbons (Fsp3) is 0.269. The van der Waals surface area contributed by atoms with Gasteiger partial charge in [0.1, 0.15) is 5.75 Å². The molecule has 4 N–H and O–H groups in total. The van der Waals surface area contributed by atoms with Crippen LogP contribution in [0, 0.1) is 12.3 Å². The predicted octanol–water partition coefficient (Wildman–Crippen LogP) is 5.62. The fourth-order valence-corrected chi connectivity index (χ4v) is 3.51. The molecule has 3 aromatic carbocycles. The van der Waals surface area contributed by atoms with Crippen LogP contribution >= 0.6 is 0 Å². The van der Waals surface area contributed by atoms with E-state index in [-0.39, 0.29) is 11.4 Å². The van der Waals surface area contributed by atoms with Gasteiger partial charge in [0, 0.05) is 12.1 Å². The Kier molecular flexibility index (Phi) is 6.16. The number of nitrogens with one attached hydrogen (secondary N) is 2. The van der Waals surface area contributed by atoms with Crippen LogP contribution in [-0.4, -0.2) is 13.1 Å². The molecule has 0 fully saturated rings. The van der Waals surface area contributed by atoms with Crippen molar-refractivity contribution in [3.05, 3.63) is 77.4 Å². The van der Waals surface area contributed by atoms with Crippen molar-refractivity contribution < 1.29 is 4.74 Å². The number of hydrogen-bond acceptors (Lipinski definition) is 2. The molecule has 0 saturated heterocycles. The summed E-state index contributed by atoms with van der Waals surface area (Å²) >= 11 is 0. The van der Waals surface area contributed by atoms with Crippen molar-refractivity contribution in [2.45, 2.75) is 39.7 Å².